The highest BCUT2D eigenvalue weighted by atomic mass is 16.1. The van der Waals surface area contributed by atoms with Crippen molar-refractivity contribution in [1.29, 1.82) is 5.26 Å². The van der Waals surface area contributed by atoms with Crippen LogP contribution in [-0.2, 0) is 0 Å². The lowest BCUT2D eigenvalue weighted by Crippen LogP contribution is -2.42. The second-order valence-electron chi connectivity index (χ2n) is 8.11. The van der Waals surface area contributed by atoms with Crippen molar-refractivity contribution in [2.24, 2.45) is 0 Å². The fourth-order valence-electron chi connectivity index (χ4n) is 4.19. The minimum absolute atomic E-state index is 0.0231. The Morgan fingerprint density at radius 1 is 1.33 bits per heavy atom. The summed E-state index contributed by atoms with van der Waals surface area (Å²) in [6.45, 7) is 7.58. The molecule has 1 aliphatic heterocycles. The molecule has 1 N–H and O–H groups in total. The summed E-state index contributed by atoms with van der Waals surface area (Å²) in [5.74, 6) is 0.915. The van der Waals surface area contributed by atoms with E-state index in [4.69, 9.17) is 0 Å². The number of ketones is 1. The molecule has 0 saturated carbocycles. The van der Waals surface area contributed by atoms with Crippen LogP contribution in [0.4, 0.5) is 5.82 Å². The van der Waals surface area contributed by atoms with E-state index in [2.05, 4.69) is 33.3 Å². The molecule has 3 heterocycles. The molecule has 0 unspecified atom stereocenters. The fourth-order valence-corrected chi connectivity index (χ4v) is 4.19. The highest BCUT2D eigenvalue weighted by Crippen LogP contribution is 2.39. The number of nitrogens with zero attached hydrogens (tertiary/aromatic N) is 5. The van der Waals surface area contributed by atoms with Crippen LogP contribution < -0.4 is 10.2 Å². The predicted molar refractivity (Wildman–Crippen MR) is 117 cm³/mol. The van der Waals surface area contributed by atoms with Gasteiger partial charge >= 0.3 is 0 Å². The van der Waals surface area contributed by atoms with Crippen molar-refractivity contribution >= 4 is 17.2 Å². The summed E-state index contributed by atoms with van der Waals surface area (Å²) in [6.07, 6.45) is 1.30. The van der Waals surface area contributed by atoms with Gasteiger partial charge in [0.15, 0.2) is 5.65 Å². The molecule has 0 radical (unpaired) electrons. The van der Waals surface area contributed by atoms with Crippen molar-refractivity contribution in [2.75, 3.05) is 25.0 Å². The number of fused-ring (bicyclic) bond motifs is 1. The van der Waals surface area contributed by atoms with Gasteiger partial charge < -0.3 is 10.2 Å². The maximum Gasteiger partial charge on any atom is 0.218 e. The molecule has 0 amide bonds. The van der Waals surface area contributed by atoms with E-state index >= 15 is 0 Å². The number of rotatable bonds is 5. The smallest absolute Gasteiger partial charge is 0.218 e. The molecule has 0 bridgehead atoms. The lowest BCUT2D eigenvalue weighted by molar-refractivity contribution is 0.0978. The lowest BCUT2D eigenvalue weighted by Gasteiger charge is -2.27. The van der Waals surface area contributed by atoms with E-state index in [0.29, 0.717) is 17.6 Å². The van der Waals surface area contributed by atoms with E-state index in [1.807, 2.05) is 44.3 Å². The normalized spacial score (nSPS) is 18.7. The summed E-state index contributed by atoms with van der Waals surface area (Å²) in [5, 5.41) is 17.9. The van der Waals surface area contributed by atoms with Gasteiger partial charge in [0.05, 0.1) is 0 Å². The number of pyridine rings is 1. The summed E-state index contributed by atoms with van der Waals surface area (Å²) in [4.78, 5) is 19.1. The van der Waals surface area contributed by atoms with Gasteiger partial charge in [-0.25, -0.2) is 4.98 Å². The monoisotopic (exact) mass is 402 g/mol. The Bertz CT molecular complexity index is 1160. The van der Waals surface area contributed by atoms with Crippen LogP contribution in [0.3, 0.4) is 0 Å². The lowest BCUT2D eigenvalue weighted by atomic mass is 9.97. The van der Waals surface area contributed by atoms with Gasteiger partial charge in [-0.15, -0.1) is 5.10 Å². The molecule has 3 aromatic rings. The Morgan fingerprint density at radius 2 is 2.07 bits per heavy atom. The first-order valence-corrected chi connectivity index (χ1v) is 10.3. The number of carbonyl (C=O) groups is 1. The van der Waals surface area contributed by atoms with Gasteiger partial charge in [-0.05, 0) is 38.4 Å². The van der Waals surface area contributed by atoms with Gasteiger partial charge in [-0.1, -0.05) is 37.3 Å². The summed E-state index contributed by atoms with van der Waals surface area (Å²) < 4.78 is 1.71. The van der Waals surface area contributed by atoms with Crippen LogP contribution >= 0.6 is 0 Å². The quantitative estimate of drug-likeness (QED) is 0.659. The largest absolute Gasteiger partial charge is 0.354 e. The molecular formula is C23H26N6O. The third-order valence-electron chi connectivity index (χ3n) is 6.13. The molecule has 1 aliphatic rings. The van der Waals surface area contributed by atoms with Gasteiger partial charge in [0.2, 0.25) is 11.6 Å². The van der Waals surface area contributed by atoms with E-state index < -0.39 is 0 Å². The van der Waals surface area contributed by atoms with Crippen LogP contribution in [0.25, 0.3) is 16.8 Å². The van der Waals surface area contributed by atoms with Crippen molar-refractivity contribution in [3.05, 3.63) is 47.3 Å². The number of nitriles is 1. The van der Waals surface area contributed by atoms with Crippen molar-refractivity contribution in [2.45, 2.75) is 39.2 Å². The number of anilines is 1. The van der Waals surface area contributed by atoms with Crippen molar-refractivity contribution in [1.82, 2.24) is 19.9 Å². The molecule has 154 valence electrons. The number of hydrogen-bond donors (Lipinski definition) is 1. The standard InChI is InChI=1S/C23H26N6O/c1-5-18(30)20-26-21-17(13-24)15(2)19(16-9-7-6-8-10-16)22(29(21)27-20)28-12-11-23(3,14-28)25-4/h6-10,25H,5,11-12,14H2,1-4H3/t23-/m0/s1. The predicted octanol–water partition coefficient (Wildman–Crippen LogP) is 3.36. The SMILES string of the molecule is CCC(=O)c1nc2c(C#N)c(C)c(-c3ccccc3)c(N3CC[C@](C)(NC)C3)n2n1. The molecule has 1 aromatic carbocycles. The fraction of sp³-hybridized carbons (Fsp3) is 0.391. The van der Waals surface area contributed by atoms with Crippen molar-refractivity contribution in [3.8, 4) is 17.2 Å². The van der Waals surface area contributed by atoms with Gasteiger partial charge in [0, 0.05) is 30.6 Å². The number of hydrogen-bond acceptors (Lipinski definition) is 6. The third-order valence-corrected chi connectivity index (χ3v) is 6.13. The average Bonchev–Trinajstić information content (AvgIpc) is 3.37. The Labute approximate surface area is 176 Å². The first-order valence-electron chi connectivity index (χ1n) is 10.3. The molecule has 0 spiro atoms. The number of likely N-dealkylation sites (N-methyl/N-ethyl adjacent to an activating group) is 1. The van der Waals surface area contributed by atoms with Gasteiger partial charge in [0.25, 0.3) is 0 Å². The molecule has 1 saturated heterocycles. The van der Waals surface area contributed by atoms with E-state index in [1.165, 1.54) is 0 Å². The Kier molecular flexibility index (Phi) is 5.04. The number of Topliss-reactive ketones (excluding diaryl/α,β-unsaturated/α-hetero) is 1. The highest BCUT2D eigenvalue weighted by molar-refractivity contribution is 5.93. The van der Waals surface area contributed by atoms with Crippen LogP contribution in [0.2, 0.25) is 0 Å². The van der Waals surface area contributed by atoms with E-state index in [1.54, 1.807) is 11.4 Å². The van der Waals surface area contributed by atoms with E-state index in [-0.39, 0.29) is 17.1 Å². The molecule has 30 heavy (non-hydrogen) atoms. The summed E-state index contributed by atoms with van der Waals surface area (Å²) in [7, 11) is 1.98. The topological polar surface area (TPSA) is 86.3 Å². The number of aromatic nitrogens is 3. The van der Waals surface area contributed by atoms with Crippen LogP contribution in [0, 0.1) is 18.3 Å². The van der Waals surface area contributed by atoms with Crippen LogP contribution in [0.5, 0.6) is 0 Å². The van der Waals surface area contributed by atoms with E-state index in [9.17, 15) is 10.1 Å². The highest BCUT2D eigenvalue weighted by Gasteiger charge is 2.36. The zero-order valence-corrected chi connectivity index (χ0v) is 17.9. The zero-order chi connectivity index (χ0) is 21.5. The van der Waals surface area contributed by atoms with Crippen LogP contribution in [0.15, 0.2) is 30.3 Å². The summed E-state index contributed by atoms with van der Waals surface area (Å²) in [5.41, 5.74) is 3.70. The maximum absolute atomic E-state index is 12.4. The Balaban J connectivity index is 2.07. The van der Waals surface area contributed by atoms with Gasteiger partial charge in [-0.2, -0.15) is 9.78 Å². The molecule has 7 nitrogen and oxygen atoms in total. The van der Waals surface area contributed by atoms with Gasteiger partial charge in [0.1, 0.15) is 17.5 Å². The molecule has 7 heteroatoms. The number of carbonyl (C=O) groups excluding carboxylic acids is 1. The molecule has 1 atom stereocenters. The van der Waals surface area contributed by atoms with E-state index in [0.717, 1.165) is 42.0 Å². The average molecular weight is 403 g/mol. The number of benzene rings is 1. The maximum atomic E-state index is 12.4. The second-order valence-corrected chi connectivity index (χ2v) is 8.11. The summed E-state index contributed by atoms with van der Waals surface area (Å²) >= 11 is 0. The van der Waals surface area contributed by atoms with Crippen LogP contribution in [0.1, 0.15) is 48.4 Å². The molecular weight excluding hydrogens is 376 g/mol. The van der Waals surface area contributed by atoms with Gasteiger partial charge in [-0.3, -0.25) is 4.79 Å². The Hall–Kier alpha value is -3.24. The van der Waals surface area contributed by atoms with Crippen molar-refractivity contribution in [3.63, 3.8) is 0 Å². The minimum atomic E-state index is -0.131. The molecule has 2 aromatic heterocycles. The summed E-state index contributed by atoms with van der Waals surface area (Å²) in [6, 6.07) is 12.3. The van der Waals surface area contributed by atoms with Crippen LogP contribution in [-0.4, -0.2) is 46.1 Å². The number of nitrogens with one attached hydrogen (secondary N) is 1. The zero-order valence-electron chi connectivity index (χ0n) is 17.9. The minimum Gasteiger partial charge on any atom is -0.354 e. The molecule has 4 rings (SSSR count). The first kappa shape index (κ1) is 20.0. The third kappa shape index (κ3) is 3.14. The molecule has 1 fully saturated rings. The molecule has 0 aliphatic carbocycles. The first-order chi connectivity index (χ1) is 14.4. The second kappa shape index (κ2) is 7.54. The Morgan fingerprint density at radius 3 is 2.67 bits per heavy atom. The van der Waals surface area contributed by atoms with Crippen molar-refractivity contribution < 1.29 is 4.79 Å².